The van der Waals surface area contributed by atoms with Crippen molar-refractivity contribution in [3.05, 3.63) is 59.2 Å². The Bertz CT molecular complexity index is 817. The normalized spacial score (nSPS) is 22.4. The summed E-state index contributed by atoms with van der Waals surface area (Å²) in [7, 11) is 0. The van der Waals surface area contributed by atoms with Gasteiger partial charge in [-0.05, 0) is 77.7 Å². The Balaban J connectivity index is 1.37. The van der Waals surface area contributed by atoms with Crippen molar-refractivity contribution in [1.29, 1.82) is 0 Å². The van der Waals surface area contributed by atoms with Crippen molar-refractivity contribution >= 4 is 11.4 Å². The molecule has 2 unspecified atom stereocenters. The standard InChI is InChI=1S/C26H36N2/c1-18(12-20-14-21-7-5-6-8-24(21)27-16-20)11-19-9-10-25-22(13-19)15-23(17-28-25)26(2,3)4/h5-10,13,18,20,23,27-28H,11-12,14-17H2,1-4H3/t18?,20-,23?/m1/s1. The van der Waals surface area contributed by atoms with Crippen LogP contribution in [0.15, 0.2) is 42.5 Å². The number of rotatable bonds is 4. The molecule has 150 valence electrons. The van der Waals surface area contributed by atoms with Crippen LogP contribution < -0.4 is 10.6 Å². The van der Waals surface area contributed by atoms with E-state index in [0.29, 0.717) is 17.3 Å². The van der Waals surface area contributed by atoms with Gasteiger partial charge in [-0.1, -0.05) is 58.0 Å². The largest absolute Gasteiger partial charge is 0.385 e. The predicted octanol–water partition coefficient (Wildman–Crippen LogP) is 6.17. The van der Waals surface area contributed by atoms with E-state index in [-0.39, 0.29) is 0 Å². The molecule has 4 rings (SSSR count). The minimum atomic E-state index is 0.359. The van der Waals surface area contributed by atoms with Crippen molar-refractivity contribution < 1.29 is 0 Å². The first-order valence-corrected chi connectivity index (χ1v) is 11.1. The van der Waals surface area contributed by atoms with Crippen LogP contribution in [0.1, 0.15) is 50.8 Å². The van der Waals surface area contributed by atoms with Gasteiger partial charge in [0.25, 0.3) is 0 Å². The third kappa shape index (κ3) is 4.37. The predicted molar refractivity (Wildman–Crippen MR) is 121 cm³/mol. The van der Waals surface area contributed by atoms with Gasteiger partial charge in [0.05, 0.1) is 0 Å². The highest BCUT2D eigenvalue weighted by atomic mass is 14.9. The smallest absolute Gasteiger partial charge is 0.0373 e. The summed E-state index contributed by atoms with van der Waals surface area (Å²) in [6, 6.07) is 15.9. The molecular weight excluding hydrogens is 340 g/mol. The minimum Gasteiger partial charge on any atom is -0.385 e. The van der Waals surface area contributed by atoms with Gasteiger partial charge in [0.15, 0.2) is 0 Å². The van der Waals surface area contributed by atoms with Gasteiger partial charge in [0, 0.05) is 24.5 Å². The lowest BCUT2D eigenvalue weighted by atomic mass is 9.75. The summed E-state index contributed by atoms with van der Waals surface area (Å²) in [5.41, 5.74) is 7.56. The van der Waals surface area contributed by atoms with Crippen LogP contribution in [0.4, 0.5) is 11.4 Å². The zero-order valence-electron chi connectivity index (χ0n) is 18.0. The molecule has 0 aliphatic carbocycles. The molecule has 28 heavy (non-hydrogen) atoms. The van der Waals surface area contributed by atoms with Crippen LogP contribution in [-0.4, -0.2) is 13.1 Å². The van der Waals surface area contributed by atoms with Crippen molar-refractivity contribution in [3.8, 4) is 0 Å². The topological polar surface area (TPSA) is 24.1 Å². The molecule has 2 aromatic carbocycles. The molecule has 2 aromatic rings. The van der Waals surface area contributed by atoms with Crippen LogP contribution in [0.5, 0.6) is 0 Å². The molecule has 0 amide bonds. The Kier molecular flexibility index (Phi) is 5.40. The van der Waals surface area contributed by atoms with E-state index in [1.165, 1.54) is 53.7 Å². The summed E-state index contributed by atoms with van der Waals surface area (Å²) >= 11 is 0. The Hall–Kier alpha value is -1.96. The van der Waals surface area contributed by atoms with Crippen molar-refractivity contribution in [3.63, 3.8) is 0 Å². The first-order chi connectivity index (χ1) is 13.4. The molecule has 0 aromatic heterocycles. The summed E-state index contributed by atoms with van der Waals surface area (Å²) < 4.78 is 0. The highest BCUT2D eigenvalue weighted by molar-refractivity contribution is 5.55. The fourth-order valence-electron chi connectivity index (χ4n) is 5.03. The quantitative estimate of drug-likeness (QED) is 0.667. The Morgan fingerprint density at radius 3 is 2.50 bits per heavy atom. The zero-order chi connectivity index (χ0) is 19.7. The first kappa shape index (κ1) is 19.4. The van der Waals surface area contributed by atoms with Gasteiger partial charge in [0.2, 0.25) is 0 Å². The van der Waals surface area contributed by atoms with E-state index in [9.17, 15) is 0 Å². The number of anilines is 2. The van der Waals surface area contributed by atoms with Crippen molar-refractivity contribution in [1.82, 2.24) is 0 Å². The molecule has 0 fully saturated rings. The maximum absolute atomic E-state index is 3.67. The molecule has 0 spiro atoms. The monoisotopic (exact) mass is 376 g/mol. The minimum absolute atomic E-state index is 0.359. The maximum atomic E-state index is 3.67. The van der Waals surface area contributed by atoms with Gasteiger partial charge in [0.1, 0.15) is 0 Å². The van der Waals surface area contributed by atoms with E-state index < -0.39 is 0 Å². The molecular formula is C26H36N2. The summed E-state index contributed by atoms with van der Waals surface area (Å²) in [6.45, 7) is 11.7. The number of hydrogen-bond donors (Lipinski definition) is 2. The van der Waals surface area contributed by atoms with E-state index in [1.807, 2.05) is 0 Å². The molecule has 3 atom stereocenters. The third-order valence-electron chi connectivity index (χ3n) is 6.83. The second kappa shape index (κ2) is 7.81. The zero-order valence-corrected chi connectivity index (χ0v) is 18.0. The van der Waals surface area contributed by atoms with E-state index in [0.717, 1.165) is 19.0 Å². The van der Waals surface area contributed by atoms with Crippen molar-refractivity contribution in [2.75, 3.05) is 23.7 Å². The Morgan fingerprint density at radius 1 is 0.929 bits per heavy atom. The van der Waals surface area contributed by atoms with Gasteiger partial charge >= 0.3 is 0 Å². The Morgan fingerprint density at radius 2 is 1.68 bits per heavy atom. The molecule has 0 bridgehead atoms. The number of para-hydroxylation sites is 1. The SMILES string of the molecule is CC(Cc1ccc2c(c1)CC(C(C)(C)C)CN2)C[C@H]1CNc2ccccc2C1. The van der Waals surface area contributed by atoms with Gasteiger partial charge in [-0.15, -0.1) is 0 Å². The van der Waals surface area contributed by atoms with E-state index in [4.69, 9.17) is 0 Å². The summed E-state index contributed by atoms with van der Waals surface area (Å²) in [5.74, 6) is 2.17. The molecule has 2 nitrogen and oxygen atoms in total. The number of hydrogen-bond acceptors (Lipinski definition) is 2. The van der Waals surface area contributed by atoms with Gasteiger partial charge in [-0.25, -0.2) is 0 Å². The van der Waals surface area contributed by atoms with Gasteiger partial charge in [-0.2, -0.15) is 0 Å². The molecule has 2 aliphatic heterocycles. The average Bonchev–Trinajstić information content (AvgIpc) is 2.66. The lowest BCUT2D eigenvalue weighted by Crippen LogP contribution is -2.33. The Labute approximate surface area is 171 Å². The van der Waals surface area contributed by atoms with Crippen LogP contribution in [0.2, 0.25) is 0 Å². The van der Waals surface area contributed by atoms with Crippen LogP contribution >= 0.6 is 0 Å². The molecule has 2 heteroatoms. The van der Waals surface area contributed by atoms with Gasteiger partial charge < -0.3 is 10.6 Å². The maximum Gasteiger partial charge on any atom is 0.0373 e. The molecule has 2 aliphatic rings. The number of fused-ring (bicyclic) bond motifs is 2. The van der Waals surface area contributed by atoms with Crippen LogP contribution in [0, 0.1) is 23.2 Å². The second-order valence-corrected chi connectivity index (χ2v) is 10.3. The highest BCUT2D eigenvalue weighted by Crippen LogP contribution is 2.36. The first-order valence-electron chi connectivity index (χ1n) is 11.1. The van der Waals surface area contributed by atoms with Crippen molar-refractivity contribution in [2.45, 2.75) is 53.4 Å². The second-order valence-electron chi connectivity index (χ2n) is 10.3. The van der Waals surface area contributed by atoms with E-state index in [2.05, 4.69) is 80.8 Å². The lowest BCUT2D eigenvalue weighted by Gasteiger charge is -2.36. The fraction of sp³-hybridized carbons (Fsp3) is 0.538. The number of benzene rings is 2. The van der Waals surface area contributed by atoms with Gasteiger partial charge in [-0.3, -0.25) is 0 Å². The molecule has 0 saturated heterocycles. The van der Waals surface area contributed by atoms with E-state index >= 15 is 0 Å². The third-order valence-corrected chi connectivity index (χ3v) is 6.83. The number of nitrogens with one attached hydrogen (secondary N) is 2. The fourth-order valence-corrected chi connectivity index (χ4v) is 5.03. The van der Waals surface area contributed by atoms with Crippen LogP contribution in [0.25, 0.3) is 0 Å². The highest BCUT2D eigenvalue weighted by Gasteiger charge is 2.28. The molecule has 0 saturated carbocycles. The summed E-state index contributed by atoms with van der Waals surface area (Å²) in [4.78, 5) is 0. The van der Waals surface area contributed by atoms with Crippen LogP contribution in [-0.2, 0) is 19.3 Å². The molecule has 0 radical (unpaired) electrons. The van der Waals surface area contributed by atoms with Crippen molar-refractivity contribution in [2.24, 2.45) is 23.2 Å². The molecule has 2 heterocycles. The molecule has 2 N–H and O–H groups in total. The summed E-state index contributed by atoms with van der Waals surface area (Å²) in [5, 5.41) is 7.30. The van der Waals surface area contributed by atoms with E-state index in [1.54, 1.807) is 0 Å². The lowest BCUT2D eigenvalue weighted by molar-refractivity contribution is 0.247. The van der Waals surface area contributed by atoms with Crippen LogP contribution in [0.3, 0.4) is 0 Å². The average molecular weight is 377 g/mol. The summed E-state index contributed by atoms with van der Waals surface area (Å²) in [6.07, 6.45) is 4.90.